The van der Waals surface area contributed by atoms with Gasteiger partial charge in [-0.15, -0.1) is 27.2 Å². The number of rotatable bonds is 2. The van der Waals surface area contributed by atoms with Crippen molar-refractivity contribution >= 4 is 34.5 Å². The number of methoxy groups -OCH3 is 1. The number of aromatic nitrogens is 3. The van der Waals surface area contributed by atoms with Crippen LogP contribution in [0.3, 0.4) is 0 Å². The highest BCUT2D eigenvalue weighted by atomic mass is 79.9. The van der Waals surface area contributed by atoms with Crippen LogP contribution in [0.2, 0.25) is 0 Å². The van der Waals surface area contributed by atoms with Gasteiger partial charge in [0.05, 0.1) is 12.8 Å². The van der Waals surface area contributed by atoms with E-state index in [1.165, 1.54) is 0 Å². The van der Waals surface area contributed by atoms with Crippen molar-refractivity contribution in [2.24, 2.45) is 10.5 Å². The van der Waals surface area contributed by atoms with Crippen LogP contribution < -0.4 is 4.74 Å². The molecule has 0 spiro atoms. The van der Waals surface area contributed by atoms with E-state index < -0.39 is 0 Å². The summed E-state index contributed by atoms with van der Waals surface area (Å²) in [7, 11) is 1.66. The summed E-state index contributed by atoms with van der Waals surface area (Å²) in [6.45, 7) is 6.53. The fraction of sp³-hybridized carbons (Fsp3) is 0.400. The molecule has 1 aliphatic rings. The Morgan fingerprint density at radius 3 is 2.41 bits per heavy atom. The monoisotopic (exact) mass is 382 g/mol. The maximum atomic E-state index is 5.19. The average molecular weight is 383 g/mol. The zero-order chi connectivity index (χ0) is 15.0. The lowest BCUT2D eigenvalue weighted by Gasteiger charge is -2.24. The molecule has 0 amide bonds. The summed E-state index contributed by atoms with van der Waals surface area (Å²) in [5, 5.41) is 14.1. The molecule has 3 rings (SSSR count). The molecule has 2 aromatic rings. The molecular formula is C15H19BrN4OS. The van der Waals surface area contributed by atoms with Gasteiger partial charge in [0.2, 0.25) is 5.16 Å². The molecule has 5 nitrogen and oxygen atoms in total. The fourth-order valence-electron chi connectivity index (χ4n) is 2.01. The van der Waals surface area contributed by atoms with Gasteiger partial charge in [-0.3, -0.25) is 0 Å². The van der Waals surface area contributed by atoms with Crippen molar-refractivity contribution in [3.63, 3.8) is 0 Å². The van der Waals surface area contributed by atoms with Gasteiger partial charge in [0.25, 0.3) is 0 Å². The third-order valence-electron chi connectivity index (χ3n) is 3.38. The maximum Gasteiger partial charge on any atom is 0.212 e. The smallest absolute Gasteiger partial charge is 0.212 e. The molecule has 0 aliphatic carbocycles. The van der Waals surface area contributed by atoms with Crippen molar-refractivity contribution < 1.29 is 4.74 Å². The Morgan fingerprint density at radius 2 is 1.82 bits per heavy atom. The van der Waals surface area contributed by atoms with Crippen LogP contribution in [-0.4, -0.2) is 33.4 Å². The molecule has 0 fully saturated rings. The van der Waals surface area contributed by atoms with E-state index in [0.29, 0.717) is 0 Å². The number of nitrogens with zero attached hydrogens (tertiary/aromatic N) is 4. The second-order valence-electron chi connectivity index (χ2n) is 5.93. The van der Waals surface area contributed by atoms with E-state index in [1.807, 2.05) is 28.9 Å². The van der Waals surface area contributed by atoms with Crippen LogP contribution >= 0.6 is 28.7 Å². The summed E-state index contributed by atoms with van der Waals surface area (Å²) >= 11 is 1.68. The first-order valence-electron chi connectivity index (χ1n) is 6.80. The fourth-order valence-corrected chi connectivity index (χ4v) is 3.12. The summed E-state index contributed by atoms with van der Waals surface area (Å²) in [5.74, 6) is 2.46. The first kappa shape index (κ1) is 17.0. The number of halogens is 1. The molecule has 0 saturated carbocycles. The van der Waals surface area contributed by atoms with E-state index in [1.54, 1.807) is 18.9 Å². The van der Waals surface area contributed by atoms with Crippen LogP contribution in [0.1, 0.15) is 20.8 Å². The Balaban J connectivity index is 0.00000176. The minimum absolute atomic E-state index is 0. The van der Waals surface area contributed by atoms with E-state index >= 15 is 0 Å². The van der Waals surface area contributed by atoms with E-state index in [0.717, 1.165) is 33.8 Å². The number of ether oxygens (including phenoxy) is 1. The van der Waals surface area contributed by atoms with Gasteiger partial charge < -0.3 is 4.74 Å². The van der Waals surface area contributed by atoms with Crippen molar-refractivity contribution in [3.8, 4) is 17.1 Å². The Bertz CT molecular complexity index is 689. The Kier molecular flexibility index (Phi) is 4.97. The number of benzene rings is 1. The molecule has 1 aromatic heterocycles. The highest BCUT2D eigenvalue weighted by molar-refractivity contribution is 8.93. The van der Waals surface area contributed by atoms with Crippen LogP contribution in [-0.2, 0) is 0 Å². The molecule has 1 aromatic carbocycles. The first-order chi connectivity index (χ1) is 9.99. The van der Waals surface area contributed by atoms with Crippen LogP contribution in [0, 0.1) is 5.41 Å². The molecule has 2 heterocycles. The first-order valence-corrected chi connectivity index (χ1v) is 7.78. The van der Waals surface area contributed by atoms with E-state index in [4.69, 9.17) is 9.84 Å². The summed E-state index contributed by atoms with van der Waals surface area (Å²) < 4.78 is 7.03. The van der Waals surface area contributed by atoms with Crippen LogP contribution in [0.4, 0.5) is 0 Å². The van der Waals surface area contributed by atoms with E-state index in [9.17, 15) is 0 Å². The normalized spacial score (nSPS) is 13.9. The van der Waals surface area contributed by atoms with Crippen molar-refractivity contribution in [2.75, 3.05) is 12.9 Å². The Hall–Kier alpha value is -1.34. The third-order valence-corrected chi connectivity index (χ3v) is 4.32. The maximum absolute atomic E-state index is 5.19. The second kappa shape index (κ2) is 6.42. The lowest BCUT2D eigenvalue weighted by atomic mass is 9.91. The van der Waals surface area contributed by atoms with Gasteiger partial charge in [0, 0.05) is 16.7 Å². The topological polar surface area (TPSA) is 52.3 Å². The van der Waals surface area contributed by atoms with Gasteiger partial charge in [-0.2, -0.15) is 9.78 Å². The number of hydrogen-bond donors (Lipinski definition) is 0. The van der Waals surface area contributed by atoms with Crippen LogP contribution in [0.15, 0.2) is 34.5 Å². The Morgan fingerprint density at radius 1 is 1.14 bits per heavy atom. The van der Waals surface area contributed by atoms with Gasteiger partial charge in [0.15, 0.2) is 5.82 Å². The van der Waals surface area contributed by atoms with Crippen molar-refractivity contribution in [1.29, 1.82) is 0 Å². The predicted octanol–water partition coefficient (Wildman–Crippen LogP) is 3.89. The molecule has 0 saturated heterocycles. The minimum Gasteiger partial charge on any atom is -0.497 e. The van der Waals surface area contributed by atoms with Gasteiger partial charge in [-0.1, -0.05) is 32.5 Å². The standard InChI is InChI=1S/C15H18N4OS.BrH/c1-15(2,3)12-9-21-14-17-16-13(19(14)18-12)10-5-7-11(20-4)8-6-10;/h5-8H,9H2,1-4H3;1H. The van der Waals surface area contributed by atoms with Crippen molar-refractivity contribution in [1.82, 2.24) is 14.9 Å². The summed E-state index contributed by atoms with van der Waals surface area (Å²) in [5.41, 5.74) is 2.18. The molecular weight excluding hydrogens is 364 g/mol. The number of hydrogen-bond acceptors (Lipinski definition) is 5. The predicted molar refractivity (Wildman–Crippen MR) is 95.3 cm³/mol. The molecule has 0 radical (unpaired) electrons. The van der Waals surface area contributed by atoms with Gasteiger partial charge in [-0.25, -0.2) is 0 Å². The van der Waals surface area contributed by atoms with Gasteiger partial charge >= 0.3 is 0 Å². The van der Waals surface area contributed by atoms with Crippen molar-refractivity contribution in [3.05, 3.63) is 24.3 Å². The molecule has 1 aliphatic heterocycles. The summed E-state index contributed by atoms with van der Waals surface area (Å²) in [6, 6.07) is 7.78. The van der Waals surface area contributed by atoms with Gasteiger partial charge in [0.1, 0.15) is 5.75 Å². The molecule has 0 N–H and O–H groups in total. The molecule has 22 heavy (non-hydrogen) atoms. The van der Waals surface area contributed by atoms with Gasteiger partial charge in [-0.05, 0) is 24.3 Å². The SMILES string of the molecule is Br.COc1ccc(-c2nnc3n2N=C(C(C)(C)C)CS3)cc1. The van der Waals surface area contributed by atoms with Crippen LogP contribution in [0.25, 0.3) is 11.4 Å². The summed E-state index contributed by atoms with van der Waals surface area (Å²) in [6.07, 6.45) is 0. The highest BCUT2D eigenvalue weighted by Gasteiger charge is 2.26. The summed E-state index contributed by atoms with van der Waals surface area (Å²) in [4.78, 5) is 0. The van der Waals surface area contributed by atoms with Crippen molar-refractivity contribution in [2.45, 2.75) is 25.9 Å². The zero-order valence-electron chi connectivity index (χ0n) is 13.0. The quantitative estimate of drug-likeness (QED) is 0.790. The number of fused-ring (bicyclic) bond motifs is 1. The molecule has 118 valence electrons. The van der Waals surface area contributed by atoms with Crippen LogP contribution in [0.5, 0.6) is 5.75 Å². The largest absolute Gasteiger partial charge is 0.497 e. The minimum atomic E-state index is 0. The molecule has 0 atom stereocenters. The third kappa shape index (κ3) is 3.20. The Labute approximate surface area is 144 Å². The van der Waals surface area contributed by atoms with E-state index in [-0.39, 0.29) is 22.4 Å². The highest BCUT2D eigenvalue weighted by Crippen LogP contribution is 2.31. The average Bonchev–Trinajstić information content (AvgIpc) is 2.89. The lowest BCUT2D eigenvalue weighted by molar-refractivity contribution is 0.415. The lowest BCUT2D eigenvalue weighted by Crippen LogP contribution is -2.26. The molecule has 0 unspecified atom stereocenters. The second-order valence-corrected chi connectivity index (χ2v) is 6.87. The number of thioether (sulfide) groups is 1. The zero-order valence-corrected chi connectivity index (χ0v) is 15.6. The molecule has 0 bridgehead atoms. The molecule has 7 heteroatoms. The van der Waals surface area contributed by atoms with E-state index in [2.05, 4.69) is 31.0 Å².